The molecule has 0 bridgehead atoms. The second-order valence-corrected chi connectivity index (χ2v) is 7.84. The Morgan fingerprint density at radius 2 is 1.80 bits per heavy atom. The van der Waals surface area contributed by atoms with E-state index in [0.29, 0.717) is 50.3 Å². The molecule has 0 spiro atoms. The highest BCUT2D eigenvalue weighted by atomic mass is 32.2. The van der Waals surface area contributed by atoms with Crippen LogP contribution in [0.15, 0.2) is 23.1 Å². The van der Waals surface area contributed by atoms with Gasteiger partial charge in [0.25, 0.3) is 0 Å². The first kappa shape index (κ1) is 20.0. The first-order valence-electron chi connectivity index (χ1n) is 8.31. The molecule has 0 aliphatic carbocycles. The van der Waals surface area contributed by atoms with E-state index in [-0.39, 0.29) is 4.90 Å². The van der Waals surface area contributed by atoms with Gasteiger partial charge < -0.3 is 18.9 Å². The predicted octanol–water partition coefficient (Wildman–Crippen LogP) is 1.77. The van der Waals surface area contributed by atoms with Crippen molar-refractivity contribution < 1.29 is 27.4 Å². The SMILES string of the molecule is COCCOCC1CCN(S(=O)(=O)c2cc(OC)ccc2OC)CC1. The maximum atomic E-state index is 13.0. The van der Waals surface area contributed by atoms with Crippen molar-refractivity contribution in [3.8, 4) is 11.5 Å². The van der Waals surface area contributed by atoms with Gasteiger partial charge in [0.1, 0.15) is 16.4 Å². The molecule has 0 atom stereocenters. The predicted molar refractivity (Wildman–Crippen MR) is 93.7 cm³/mol. The van der Waals surface area contributed by atoms with E-state index in [4.69, 9.17) is 18.9 Å². The summed E-state index contributed by atoms with van der Waals surface area (Å²) >= 11 is 0. The quantitative estimate of drug-likeness (QED) is 0.614. The van der Waals surface area contributed by atoms with Gasteiger partial charge >= 0.3 is 0 Å². The van der Waals surface area contributed by atoms with Crippen molar-refractivity contribution in [3.05, 3.63) is 18.2 Å². The second-order valence-electron chi connectivity index (χ2n) is 5.93. The summed E-state index contributed by atoms with van der Waals surface area (Å²) in [4.78, 5) is 0.143. The lowest BCUT2D eigenvalue weighted by molar-refractivity contribution is 0.0410. The molecule has 0 aromatic heterocycles. The van der Waals surface area contributed by atoms with Crippen molar-refractivity contribution >= 4 is 10.0 Å². The molecule has 142 valence electrons. The van der Waals surface area contributed by atoms with E-state index in [1.807, 2.05) is 0 Å². The Kier molecular flexibility index (Phi) is 7.49. The zero-order valence-electron chi connectivity index (χ0n) is 15.1. The molecule has 0 N–H and O–H groups in total. The zero-order chi connectivity index (χ0) is 18.3. The molecule has 1 aliphatic heterocycles. The molecule has 1 aliphatic rings. The van der Waals surface area contributed by atoms with Crippen LogP contribution in [-0.4, -0.2) is 67.0 Å². The first-order valence-corrected chi connectivity index (χ1v) is 9.75. The Bertz CT molecular complexity index is 641. The standard InChI is InChI=1S/C17H27NO6S/c1-21-10-11-24-13-14-6-8-18(9-7-14)25(19,20)17-12-15(22-2)4-5-16(17)23-3/h4-5,12,14H,6-11,13H2,1-3H3. The minimum atomic E-state index is -3.62. The summed E-state index contributed by atoms with van der Waals surface area (Å²) in [6.07, 6.45) is 1.55. The van der Waals surface area contributed by atoms with Crippen molar-refractivity contribution in [2.45, 2.75) is 17.7 Å². The van der Waals surface area contributed by atoms with Gasteiger partial charge in [0.15, 0.2) is 0 Å². The summed E-state index contributed by atoms with van der Waals surface area (Å²) in [6.45, 7) is 2.72. The van der Waals surface area contributed by atoms with Gasteiger partial charge in [-0.25, -0.2) is 8.42 Å². The molecule has 0 unspecified atom stereocenters. The van der Waals surface area contributed by atoms with Gasteiger partial charge in [-0.3, -0.25) is 0 Å². The van der Waals surface area contributed by atoms with Crippen LogP contribution in [0.1, 0.15) is 12.8 Å². The number of methoxy groups -OCH3 is 3. The van der Waals surface area contributed by atoms with Crippen molar-refractivity contribution in [1.82, 2.24) is 4.31 Å². The second kappa shape index (κ2) is 9.38. The summed E-state index contributed by atoms with van der Waals surface area (Å²) in [5.74, 6) is 1.18. The Morgan fingerprint density at radius 3 is 2.40 bits per heavy atom. The third-order valence-corrected chi connectivity index (χ3v) is 6.27. The van der Waals surface area contributed by atoms with Gasteiger partial charge in [0.05, 0.1) is 27.4 Å². The summed E-state index contributed by atoms with van der Waals surface area (Å²) in [5.41, 5.74) is 0. The number of nitrogens with zero attached hydrogens (tertiary/aromatic N) is 1. The van der Waals surface area contributed by atoms with Crippen LogP contribution >= 0.6 is 0 Å². The average molecular weight is 373 g/mol. The van der Waals surface area contributed by atoms with E-state index in [2.05, 4.69) is 0 Å². The highest BCUT2D eigenvalue weighted by Gasteiger charge is 2.32. The summed E-state index contributed by atoms with van der Waals surface area (Å²) in [5, 5.41) is 0. The summed E-state index contributed by atoms with van der Waals surface area (Å²) in [6, 6.07) is 4.80. The smallest absolute Gasteiger partial charge is 0.246 e. The molecule has 0 radical (unpaired) electrons. The number of piperidine rings is 1. The largest absolute Gasteiger partial charge is 0.497 e. The molecule has 1 aromatic carbocycles. The van der Waals surface area contributed by atoms with Crippen LogP contribution in [0, 0.1) is 5.92 Å². The molecular formula is C17H27NO6S. The third-order valence-electron chi connectivity index (χ3n) is 4.35. The summed E-state index contributed by atoms with van der Waals surface area (Å²) < 4.78 is 48.4. The van der Waals surface area contributed by atoms with Crippen LogP contribution in [0.4, 0.5) is 0 Å². The number of ether oxygens (including phenoxy) is 4. The summed E-state index contributed by atoms with van der Waals surface area (Å²) in [7, 11) is 0.986. The maximum Gasteiger partial charge on any atom is 0.246 e. The van der Waals surface area contributed by atoms with Gasteiger partial charge in [-0.2, -0.15) is 4.31 Å². The molecule has 2 rings (SSSR count). The minimum absolute atomic E-state index is 0.143. The zero-order valence-corrected chi connectivity index (χ0v) is 15.9. The van der Waals surface area contributed by atoms with Gasteiger partial charge in [0, 0.05) is 32.9 Å². The molecule has 0 amide bonds. The van der Waals surface area contributed by atoms with Crippen LogP contribution in [0.2, 0.25) is 0 Å². The van der Waals surface area contributed by atoms with Crippen LogP contribution in [0.5, 0.6) is 11.5 Å². The van der Waals surface area contributed by atoms with Crippen molar-refractivity contribution in [1.29, 1.82) is 0 Å². The Labute approximate surface area is 149 Å². The fraction of sp³-hybridized carbons (Fsp3) is 0.647. The lowest BCUT2D eigenvalue weighted by Crippen LogP contribution is -2.39. The normalized spacial score (nSPS) is 16.8. The van der Waals surface area contributed by atoms with Gasteiger partial charge in [-0.05, 0) is 30.9 Å². The molecule has 1 saturated heterocycles. The highest BCUT2D eigenvalue weighted by molar-refractivity contribution is 7.89. The molecule has 7 nitrogen and oxygen atoms in total. The molecular weight excluding hydrogens is 346 g/mol. The Morgan fingerprint density at radius 1 is 1.08 bits per heavy atom. The van der Waals surface area contributed by atoms with E-state index in [1.165, 1.54) is 24.6 Å². The topological polar surface area (TPSA) is 74.3 Å². The number of hydrogen-bond acceptors (Lipinski definition) is 6. The van der Waals surface area contributed by atoms with Crippen LogP contribution < -0.4 is 9.47 Å². The fourth-order valence-electron chi connectivity index (χ4n) is 2.83. The Hall–Kier alpha value is -1.35. The lowest BCUT2D eigenvalue weighted by atomic mass is 9.99. The number of rotatable bonds is 9. The molecule has 1 fully saturated rings. The highest BCUT2D eigenvalue weighted by Crippen LogP contribution is 2.32. The Balaban J connectivity index is 2.02. The van der Waals surface area contributed by atoms with E-state index < -0.39 is 10.0 Å². The molecule has 25 heavy (non-hydrogen) atoms. The van der Waals surface area contributed by atoms with Crippen LogP contribution in [0.3, 0.4) is 0 Å². The number of sulfonamides is 1. The van der Waals surface area contributed by atoms with Crippen molar-refractivity contribution in [2.24, 2.45) is 5.92 Å². The van der Waals surface area contributed by atoms with Crippen molar-refractivity contribution in [2.75, 3.05) is 54.2 Å². The third kappa shape index (κ3) is 5.07. The monoisotopic (exact) mass is 373 g/mol. The van der Waals surface area contributed by atoms with Crippen LogP contribution in [-0.2, 0) is 19.5 Å². The van der Waals surface area contributed by atoms with Crippen molar-refractivity contribution in [3.63, 3.8) is 0 Å². The van der Waals surface area contributed by atoms with E-state index in [0.717, 1.165) is 12.8 Å². The number of hydrogen-bond donors (Lipinski definition) is 0. The van der Waals surface area contributed by atoms with Gasteiger partial charge in [-0.15, -0.1) is 0 Å². The fourth-order valence-corrected chi connectivity index (χ4v) is 4.47. The van der Waals surface area contributed by atoms with Gasteiger partial charge in [-0.1, -0.05) is 0 Å². The molecule has 0 saturated carbocycles. The lowest BCUT2D eigenvalue weighted by Gasteiger charge is -2.31. The molecule has 1 heterocycles. The average Bonchev–Trinajstić information content (AvgIpc) is 2.65. The van der Waals surface area contributed by atoms with Crippen LogP contribution in [0.25, 0.3) is 0 Å². The maximum absolute atomic E-state index is 13.0. The van der Waals surface area contributed by atoms with E-state index in [9.17, 15) is 8.42 Å². The van der Waals surface area contributed by atoms with E-state index >= 15 is 0 Å². The molecule has 8 heteroatoms. The number of benzene rings is 1. The minimum Gasteiger partial charge on any atom is -0.497 e. The molecule has 1 aromatic rings. The van der Waals surface area contributed by atoms with Gasteiger partial charge in [0.2, 0.25) is 10.0 Å². The first-order chi connectivity index (χ1) is 12.0. The van der Waals surface area contributed by atoms with E-state index in [1.54, 1.807) is 19.2 Å².